The minimum absolute atomic E-state index is 0.195. The first-order chi connectivity index (χ1) is 14.6. The second kappa shape index (κ2) is 9.05. The molecule has 0 saturated heterocycles. The molecule has 0 unspecified atom stereocenters. The molecule has 0 bridgehead atoms. The van der Waals surface area contributed by atoms with Crippen molar-refractivity contribution in [1.82, 2.24) is 5.32 Å². The van der Waals surface area contributed by atoms with Gasteiger partial charge in [0.05, 0.1) is 5.92 Å². The Morgan fingerprint density at radius 1 is 1.03 bits per heavy atom. The zero-order valence-electron chi connectivity index (χ0n) is 16.9. The third-order valence-corrected chi connectivity index (χ3v) is 6.84. The molecule has 0 radical (unpaired) electrons. The van der Waals surface area contributed by atoms with Crippen LogP contribution in [-0.4, -0.2) is 25.6 Å². The van der Waals surface area contributed by atoms with E-state index in [1.807, 2.05) is 0 Å². The predicted octanol–water partition coefficient (Wildman–Crippen LogP) is 4.88. The van der Waals surface area contributed by atoms with E-state index < -0.39 is 0 Å². The molecule has 0 amide bonds. The molecule has 0 saturated carbocycles. The monoisotopic (exact) mass is 433 g/mol. The summed E-state index contributed by atoms with van der Waals surface area (Å²) in [6.07, 6.45) is 6.25. The SMILES string of the molecule is CSc1ccc(/C=C2\CNCC3=C2OC(N)=C(C#N)[C@H]3c2ccc(SC)cc2)cc1. The first kappa shape index (κ1) is 20.7. The van der Waals surface area contributed by atoms with Gasteiger partial charge in [-0.3, -0.25) is 0 Å². The fraction of sp³-hybridized carbons (Fsp3) is 0.208. The van der Waals surface area contributed by atoms with Gasteiger partial charge in [0, 0.05) is 28.5 Å². The van der Waals surface area contributed by atoms with Crippen molar-refractivity contribution in [1.29, 1.82) is 5.26 Å². The van der Waals surface area contributed by atoms with Gasteiger partial charge in [-0.25, -0.2) is 0 Å². The third-order valence-electron chi connectivity index (χ3n) is 5.36. The molecule has 6 heteroatoms. The maximum Gasteiger partial charge on any atom is 0.205 e. The highest BCUT2D eigenvalue weighted by Gasteiger charge is 2.35. The zero-order valence-corrected chi connectivity index (χ0v) is 18.6. The Labute approximate surface area is 185 Å². The van der Waals surface area contributed by atoms with Gasteiger partial charge >= 0.3 is 0 Å². The molecule has 0 aliphatic carbocycles. The molecule has 2 aliphatic heterocycles. The normalized spacial score (nSPS) is 20.0. The van der Waals surface area contributed by atoms with Crippen LogP contribution >= 0.6 is 23.5 Å². The average Bonchev–Trinajstić information content (AvgIpc) is 2.79. The zero-order chi connectivity index (χ0) is 21.1. The van der Waals surface area contributed by atoms with Crippen LogP contribution in [-0.2, 0) is 4.74 Å². The number of thioether (sulfide) groups is 2. The van der Waals surface area contributed by atoms with E-state index in [2.05, 4.69) is 78.5 Å². The lowest BCUT2D eigenvalue weighted by atomic mass is 9.80. The Balaban J connectivity index is 1.78. The molecule has 1 atom stereocenters. The van der Waals surface area contributed by atoms with E-state index in [0.29, 0.717) is 18.7 Å². The van der Waals surface area contributed by atoms with Crippen molar-refractivity contribution < 1.29 is 4.74 Å². The molecule has 2 aromatic rings. The third kappa shape index (κ3) is 4.01. The Bertz CT molecular complexity index is 1080. The Morgan fingerprint density at radius 3 is 2.27 bits per heavy atom. The van der Waals surface area contributed by atoms with E-state index in [9.17, 15) is 5.26 Å². The van der Waals surface area contributed by atoms with Gasteiger partial charge in [-0.2, -0.15) is 5.26 Å². The van der Waals surface area contributed by atoms with Crippen molar-refractivity contribution >= 4 is 29.6 Å². The highest BCUT2D eigenvalue weighted by molar-refractivity contribution is 7.98. The number of benzene rings is 2. The number of allylic oxidation sites excluding steroid dienone is 1. The summed E-state index contributed by atoms with van der Waals surface area (Å²) in [5.41, 5.74) is 10.9. The number of nitrogens with one attached hydrogen (secondary N) is 1. The predicted molar refractivity (Wildman–Crippen MR) is 125 cm³/mol. The summed E-state index contributed by atoms with van der Waals surface area (Å²) < 4.78 is 6.02. The quantitative estimate of drug-likeness (QED) is 0.670. The summed E-state index contributed by atoms with van der Waals surface area (Å²) in [6.45, 7) is 1.35. The fourth-order valence-corrected chi connectivity index (χ4v) is 4.66. The summed E-state index contributed by atoms with van der Waals surface area (Å²) in [7, 11) is 0. The van der Waals surface area contributed by atoms with Crippen LogP contribution < -0.4 is 11.1 Å². The summed E-state index contributed by atoms with van der Waals surface area (Å²) in [6, 6.07) is 19.0. The Morgan fingerprint density at radius 2 is 1.67 bits per heavy atom. The molecule has 4 nitrogen and oxygen atoms in total. The number of hydrogen-bond donors (Lipinski definition) is 2. The van der Waals surface area contributed by atoms with Gasteiger partial charge in [-0.1, -0.05) is 24.3 Å². The van der Waals surface area contributed by atoms with E-state index >= 15 is 0 Å². The van der Waals surface area contributed by atoms with E-state index in [4.69, 9.17) is 10.5 Å². The molecule has 3 N–H and O–H groups in total. The topological polar surface area (TPSA) is 71.1 Å². The molecular weight excluding hydrogens is 410 g/mol. The van der Waals surface area contributed by atoms with Crippen molar-refractivity contribution in [3.05, 3.63) is 88.0 Å². The number of ether oxygens (including phenoxy) is 1. The lowest BCUT2D eigenvalue weighted by Crippen LogP contribution is -2.34. The van der Waals surface area contributed by atoms with E-state index in [0.717, 1.165) is 28.0 Å². The second-order valence-corrected chi connectivity index (χ2v) is 8.86. The van der Waals surface area contributed by atoms with Gasteiger partial charge in [-0.15, -0.1) is 23.5 Å². The van der Waals surface area contributed by atoms with Crippen molar-refractivity contribution in [2.75, 3.05) is 25.6 Å². The van der Waals surface area contributed by atoms with Crippen LogP contribution in [0.3, 0.4) is 0 Å². The molecule has 2 aromatic carbocycles. The van der Waals surface area contributed by atoms with Gasteiger partial charge in [0.25, 0.3) is 0 Å². The van der Waals surface area contributed by atoms with Crippen molar-refractivity contribution in [3.8, 4) is 6.07 Å². The van der Waals surface area contributed by atoms with Crippen LogP contribution in [0.4, 0.5) is 0 Å². The number of rotatable bonds is 4. The molecular formula is C24H23N3OS2. The lowest BCUT2D eigenvalue weighted by Gasteiger charge is -2.33. The molecule has 2 aliphatic rings. The molecule has 0 aromatic heterocycles. The van der Waals surface area contributed by atoms with Crippen LogP contribution in [0.2, 0.25) is 0 Å². The van der Waals surface area contributed by atoms with Gasteiger partial charge in [0.1, 0.15) is 17.4 Å². The molecule has 0 fully saturated rings. The van der Waals surface area contributed by atoms with Gasteiger partial charge in [0.2, 0.25) is 5.88 Å². The maximum absolute atomic E-state index is 9.80. The van der Waals surface area contributed by atoms with Crippen LogP contribution in [0.1, 0.15) is 17.0 Å². The van der Waals surface area contributed by atoms with Crippen molar-refractivity contribution in [3.63, 3.8) is 0 Å². The van der Waals surface area contributed by atoms with Crippen molar-refractivity contribution in [2.45, 2.75) is 15.7 Å². The second-order valence-electron chi connectivity index (χ2n) is 7.10. The Kier molecular flexibility index (Phi) is 6.24. The molecule has 0 spiro atoms. The van der Waals surface area contributed by atoms with Crippen LogP contribution in [0.25, 0.3) is 6.08 Å². The summed E-state index contributed by atoms with van der Waals surface area (Å²) >= 11 is 3.42. The molecule has 4 rings (SSSR count). The van der Waals surface area contributed by atoms with Gasteiger partial charge in [0.15, 0.2) is 0 Å². The number of hydrogen-bond acceptors (Lipinski definition) is 6. The van der Waals surface area contributed by atoms with E-state index in [-0.39, 0.29) is 11.8 Å². The highest BCUT2D eigenvalue weighted by Crippen LogP contribution is 2.42. The fourth-order valence-electron chi connectivity index (χ4n) is 3.85. The van der Waals surface area contributed by atoms with E-state index in [1.54, 1.807) is 23.5 Å². The summed E-state index contributed by atoms with van der Waals surface area (Å²) in [5.74, 6) is 0.781. The standard InChI is InChI=1S/C24H23N3OS2/c1-29-18-7-3-15(4-8-18)11-17-13-27-14-21-22(16-5-9-19(30-2)10-6-16)20(12-25)24(26)28-23(17)21/h3-11,22,27H,13-14,26H2,1-2H3/b17-11+/t22-/m1/s1. The highest BCUT2D eigenvalue weighted by atomic mass is 32.2. The smallest absolute Gasteiger partial charge is 0.205 e. The summed E-state index contributed by atoms with van der Waals surface area (Å²) in [4.78, 5) is 2.42. The maximum atomic E-state index is 9.80. The number of nitrogens with two attached hydrogens (primary N) is 1. The van der Waals surface area contributed by atoms with Crippen LogP contribution in [0, 0.1) is 11.3 Å². The molecule has 152 valence electrons. The van der Waals surface area contributed by atoms with Crippen LogP contribution in [0.15, 0.2) is 86.7 Å². The lowest BCUT2D eigenvalue weighted by molar-refractivity contribution is 0.279. The van der Waals surface area contributed by atoms with Crippen molar-refractivity contribution in [2.24, 2.45) is 5.73 Å². The molecule has 30 heavy (non-hydrogen) atoms. The van der Waals surface area contributed by atoms with Gasteiger partial charge in [-0.05, 0) is 59.6 Å². The number of nitrogens with zero attached hydrogens (tertiary/aromatic N) is 1. The Hall–Kier alpha value is -2.59. The molecule has 2 heterocycles. The number of nitriles is 1. The van der Waals surface area contributed by atoms with Gasteiger partial charge < -0.3 is 15.8 Å². The average molecular weight is 434 g/mol. The summed E-state index contributed by atoms with van der Waals surface area (Å²) in [5, 5.41) is 13.3. The minimum atomic E-state index is -0.204. The largest absolute Gasteiger partial charge is 0.440 e. The van der Waals surface area contributed by atoms with E-state index in [1.165, 1.54) is 9.79 Å². The van der Waals surface area contributed by atoms with Crippen LogP contribution in [0.5, 0.6) is 0 Å². The first-order valence-corrected chi connectivity index (χ1v) is 12.1. The minimum Gasteiger partial charge on any atom is -0.440 e. The first-order valence-electron chi connectivity index (χ1n) is 9.65.